The molecule has 1 rings (SSSR count). The average Bonchev–Trinajstić information content (AvgIpc) is 2.63. The predicted octanol–water partition coefficient (Wildman–Crippen LogP) is 3.34. The molecule has 1 N–H and O–H groups in total. The summed E-state index contributed by atoms with van der Waals surface area (Å²) < 4.78 is 0. The molecular weight excluding hydrogens is 174 g/mol. The van der Waals surface area contributed by atoms with E-state index in [0.717, 1.165) is 18.5 Å². The van der Waals surface area contributed by atoms with Crippen molar-refractivity contribution in [3.8, 4) is 0 Å². The molecule has 1 aromatic rings. The summed E-state index contributed by atoms with van der Waals surface area (Å²) in [5, 5.41) is 0. The number of aryl methyl sites for hydroxylation is 1. The van der Waals surface area contributed by atoms with Gasteiger partial charge in [0.1, 0.15) is 0 Å². The van der Waals surface area contributed by atoms with E-state index < -0.39 is 0 Å². The highest BCUT2D eigenvalue weighted by Crippen LogP contribution is 2.08. The zero-order chi connectivity index (χ0) is 10.4. The second kappa shape index (κ2) is 5.63. The van der Waals surface area contributed by atoms with Gasteiger partial charge in [0.2, 0.25) is 0 Å². The number of unbranched alkanes of at least 4 members (excludes halogenated alkanes) is 1. The van der Waals surface area contributed by atoms with Crippen molar-refractivity contribution in [3.63, 3.8) is 0 Å². The van der Waals surface area contributed by atoms with Crippen molar-refractivity contribution in [1.82, 2.24) is 4.98 Å². The predicted molar refractivity (Wildman–Crippen MR) is 58.6 cm³/mol. The van der Waals surface area contributed by atoms with Crippen LogP contribution in [0.3, 0.4) is 0 Å². The van der Waals surface area contributed by atoms with E-state index in [0.29, 0.717) is 6.42 Å². The Kier molecular flexibility index (Phi) is 4.44. The molecule has 0 amide bonds. The van der Waals surface area contributed by atoms with Crippen molar-refractivity contribution in [2.45, 2.75) is 46.0 Å². The third-order valence-electron chi connectivity index (χ3n) is 2.32. The number of ketones is 1. The topological polar surface area (TPSA) is 32.9 Å². The van der Waals surface area contributed by atoms with Gasteiger partial charge in [0, 0.05) is 12.1 Å². The summed E-state index contributed by atoms with van der Waals surface area (Å²) in [6.45, 7) is 4.20. The Morgan fingerprint density at radius 1 is 1.29 bits per heavy atom. The zero-order valence-corrected chi connectivity index (χ0v) is 9.10. The van der Waals surface area contributed by atoms with Crippen LogP contribution in [-0.4, -0.2) is 10.8 Å². The van der Waals surface area contributed by atoms with Crippen molar-refractivity contribution in [1.29, 1.82) is 0 Å². The maximum Gasteiger partial charge on any atom is 0.178 e. The van der Waals surface area contributed by atoms with E-state index in [2.05, 4.69) is 11.9 Å². The summed E-state index contributed by atoms with van der Waals surface area (Å²) in [6, 6.07) is 3.93. The Morgan fingerprint density at radius 3 is 2.71 bits per heavy atom. The van der Waals surface area contributed by atoms with E-state index in [1.807, 2.05) is 19.1 Å². The van der Waals surface area contributed by atoms with Crippen molar-refractivity contribution in [2.75, 3.05) is 0 Å². The van der Waals surface area contributed by atoms with E-state index in [1.54, 1.807) is 0 Å². The maximum absolute atomic E-state index is 11.5. The number of aromatic amines is 1. The molecular formula is C12H19NO. The molecule has 0 radical (unpaired) electrons. The van der Waals surface area contributed by atoms with Crippen molar-refractivity contribution < 1.29 is 4.79 Å². The van der Waals surface area contributed by atoms with Gasteiger partial charge in [-0.05, 0) is 31.4 Å². The molecule has 0 spiro atoms. The van der Waals surface area contributed by atoms with Gasteiger partial charge in [0.15, 0.2) is 5.78 Å². The molecule has 0 bridgehead atoms. The van der Waals surface area contributed by atoms with Gasteiger partial charge in [-0.3, -0.25) is 4.79 Å². The molecule has 14 heavy (non-hydrogen) atoms. The molecule has 0 saturated carbocycles. The number of hydrogen-bond donors (Lipinski definition) is 1. The third kappa shape index (κ3) is 3.02. The molecule has 0 aliphatic heterocycles. The molecule has 1 aromatic heterocycles. The Morgan fingerprint density at radius 2 is 2.07 bits per heavy atom. The lowest BCUT2D eigenvalue weighted by Gasteiger charge is -1.96. The van der Waals surface area contributed by atoms with E-state index in [-0.39, 0.29) is 5.78 Å². The SMILES string of the molecule is CCCCc1ccc(C(=O)CCC)[nH]1. The molecule has 0 aliphatic carbocycles. The molecule has 2 nitrogen and oxygen atoms in total. The van der Waals surface area contributed by atoms with Crippen LogP contribution < -0.4 is 0 Å². The quantitative estimate of drug-likeness (QED) is 0.690. The minimum Gasteiger partial charge on any atom is -0.356 e. The lowest BCUT2D eigenvalue weighted by molar-refractivity contribution is 0.0977. The molecule has 0 aliphatic rings. The van der Waals surface area contributed by atoms with Crippen LogP contribution in [-0.2, 0) is 6.42 Å². The third-order valence-corrected chi connectivity index (χ3v) is 2.32. The highest BCUT2D eigenvalue weighted by molar-refractivity contribution is 5.94. The number of Topliss-reactive ketones (excluding diaryl/α,β-unsaturated/α-hetero) is 1. The Labute approximate surface area is 85.7 Å². The summed E-state index contributed by atoms with van der Waals surface area (Å²) in [5.74, 6) is 0.232. The number of carbonyl (C=O) groups excluding carboxylic acids is 1. The first-order valence-corrected chi connectivity index (χ1v) is 5.49. The fraction of sp³-hybridized carbons (Fsp3) is 0.583. The normalized spacial score (nSPS) is 10.4. The molecule has 0 saturated heterocycles. The minimum atomic E-state index is 0.232. The molecule has 0 atom stereocenters. The van der Waals surface area contributed by atoms with Crippen LogP contribution >= 0.6 is 0 Å². The summed E-state index contributed by atoms with van der Waals surface area (Å²) in [6.07, 6.45) is 4.99. The molecule has 0 unspecified atom stereocenters. The summed E-state index contributed by atoms with van der Waals surface area (Å²) in [7, 11) is 0. The van der Waals surface area contributed by atoms with Crippen molar-refractivity contribution in [2.24, 2.45) is 0 Å². The number of carbonyl (C=O) groups is 1. The number of aromatic nitrogens is 1. The van der Waals surface area contributed by atoms with E-state index in [9.17, 15) is 4.79 Å². The zero-order valence-electron chi connectivity index (χ0n) is 9.10. The van der Waals surface area contributed by atoms with Gasteiger partial charge in [-0.1, -0.05) is 20.3 Å². The van der Waals surface area contributed by atoms with Crippen LogP contribution in [0.4, 0.5) is 0 Å². The lowest BCUT2D eigenvalue weighted by atomic mass is 10.2. The van der Waals surface area contributed by atoms with Crippen LogP contribution in [0.1, 0.15) is 55.7 Å². The monoisotopic (exact) mass is 193 g/mol. The Balaban J connectivity index is 2.54. The van der Waals surface area contributed by atoms with Crippen LogP contribution in [0.5, 0.6) is 0 Å². The van der Waals surface area contributed by atoms with Gasteiger partial charge in [0.05, 0.1) is 5.69 Å². The van der Waals surface area contributed by atoms with Crippen LogP contribution in [0.2, 0.25) is 0 Å². The number of rotatable bonds is 6. The van der Waals surface area contributed by atoms with Crippen LogP contribution in [0, 0.1) is 0 Å². The number of H-pyrrole nitrogens is 1. The molecule has 2 heteroatoms. The van der Waals surface area contributed by atoms with Gasteiger partial charge < -0.3 is 4.98 Å². The fourth-order valence-corrected chi connectivity index (χ4v) is 1.48. The molecule has 0 aromatic carbocycles. The smallest absolute Gasteiger partial charge is 0.178 e. The van der Waals surface area contributed by atoms with Gasteiger partial charge >= 0.3 is 0 Å². The second-order valence-electron chi connectivity index (χ2n) is 3.67. The molecule has 1 heterocycles. The van der Waals surface area contributed by atoms with E-state index >= 15 is 0 Å². The Hall–Kier alpha value is -1.05. The number of nitrogens with one attached hydrogen (secondary N) is 1. The van der Waals surface area contributed by atoms with E-state index in [4.69, 9.17) is 0 Å². The summed E-state index contributed by atoms with van der Waals surface area (Å²) in [5.41, 5.74) is 1.96. The van der Waals surface area contributed by atoms with Gasteiger partial charge in [0.25, 0.3) is 0 Å². The first-order chi connectivity index (χ1) is 6.77. The van der Waals surface area contributed by atoms with Crippen molar-refractivity contribution >= 4 is 5.78 Å². The largest absolute Gasteiger partial charge is 0.356 e. The highest BCUT2D eigenvalue weighted by Gasteiger charge is 2.06. The van der Waals surface area contributed by atoms with Crippen LogP contribution in [0.25, 0.3) is 0 Å². The molecule has 78 valence electrons. The lowest BCUT2D eigenvalue weighted by Crippen LogP contribution is -1.98. The van der Waals surface area contributed by atoms with Gasteiger partial charge in [-0.25, -0.2) is 0 Å². The highest BCUT2D eigenvalue weighted by atomic mass is 16.1. The van der Waals surface area contributed by atoms with Crippen LogP contribution in [0.15, 0.2) is 12.1 Å². The molecule has 0 fully saturated rings. The first kappa shape index (κ1) is 11.0. The standard InChI is InChI=1S/C12H19NO/c1-3-5-7-10-8-9-11(13-10)12(14)6-4-2/h8-9,13H,3-7H2,1-2H3. The first-order valence-electron chi connectivity index (χ1n) is 5.49. The fourth-order valence-electron chi connectivity index (χ4n) is 1.48. The van der Waals surface area contributed by atoms with Gasteiger partial charge in [-0.15, -0.1) is 0 Å². The average molecular weight is 193 g/mol. The van der Waals surface area contributed by atoms with Crippen molar-refractivity contribution in [3.05, 3.63) is 23.5 Å². The summed E-state index contributed by atoms with van der Waals surface area (Å²) in [4.78, 5) is 14.7. The number of hydrogen-bond acceptors (Lipinski definition) is 1. The van der Waals surface area contributed by atoms with E-state index in [1.165, 1.54) is 18.5 Å². The second-order valence-corrected chi connectivity index (χ2v) is 3.67. The Bertz CT molecular complexity index is 288. The van der Waals surface area contributed by atoms with Gasteiger partial charge in [-0.2, -0.15) is 0 Å². The maximum atomic E-state index is 11.5. The summed E-state index contributed by atoms with van der Waals surface area (Å²) >= 11 is 0. The minimum absolute atomic E-state index is 0.232.